The Morgan fingerprint density at radius 1 is 1.43 bits per heavy atom. The van der Waals surface area contributed by atoms with E-state index in [4.69, 9.17) is 0 Å². The number of hydrogen-bond donors (Lipinski definition) is 2. The van der Waals surface area contributed by atoms with Crippen molar-refractivity contribution >= 4 is 10.0 Å². The molecule has 0 aromatic carbocycles. The molecule has 10 heteroatoms. The van der Waals surface area contributed by atoms with Crippen LogP contribution in [0.4, 0.5) is 0 Å². The molecule has 2 aromatic heterocycles. The molecule has 0 aliphatic heterocycles. The summed E-state index contributed by atoms with van der Waals surface area (Å²) in [6.45, 7) is 4.46. The summed E-state index contributed by atoms with van der Waals surface area (Å²) in [4.78, 5) is 3.86. The van der Waals surface area contributed by atoms with Crippen LogP contribution < -0.4 is 10.0 Å². The van der Waals surface area contributed by atoms with Gasteiger partial charge in [0, 0.05) is 12.7 Å². The highest BCUT2D eigenvalue weighted by molar-refractivity contribution is 7.89. The molecular weight excluding hydrogens is 296 g/mol. The first kappa shape index (κ1) is 15.6. The van der Waals surface area contributed by atoms with E-state index in [0.717, 1.165) is 25.9 Å². The number of sulfonamides is 1. The lowest BCUT2D eigenvalue weighted by Crippen LogP contribution is -2.23. The molecule has 2 rings (SSSR count). The molecule has 21 heavy (non-hydrogen) atoms. The number of aryl methyl sites for hydroxylation is 1. The fourth-order valence-corrected chi connectivity index (χ4v) is 2.59. The Bertz CT molecular complexity index is 637. The summed E-state index contributed by atoms with van der Waals surface area (Å²) in [5.74, 6) is 0.275. The van der Waals surface area contributed by atoms with Crippen LogP contribution in [0.15, 0.2) is 28.2 Å². The highest BCUT2D eigenvalue weighted by atomic mass is 32.2. The smallest absolute Gasteiger partial charge is 0.244 e. The number of hydrogen-bond acceptors (Lipinski definition) is 7. The van der Waals surface area contributed by atoms with Crippen molar-refractivity contribution in [1.29, 1.82) is 0 Å². The first-order chi connectivity index (χ1) is 10.1. The normalized spacial score (nSPS) is 11.9. The number of nitrogens with one attached hydrogen (secondary N) is 2. The van der Waals surface area contributed by atoms with E-state index in [0.29, 0.717) is 6.54 Å². The van der Waals surface area contributed by atoms with Crippen molar-refractivity contribution < 1.29 is 12.9 Å². The Morgan fingerprint density at radius 3 is 3.00 bits per heavy atom. The number of nitrogens with zero attached hydrogens (tertiary/aromatic N) is 4. The molecule has 0 aliphatic rings. The van der Waals surface area contributed by atoms with E-state index in [1.54, 1.807) is 4.68 Å². The first-order valence-corrected chi connectivity index (χ1v) is 8.08. The van der Waals surface area contributed by atoms with E-state index < -0.39 is 10.0 Å². The van der Waals surface area contributed by atoms with Crippen LogP contribution in [0, 0.1) is 0 Å². The first-order valence-electron chi connectivity index (χ1n) is 6.60. The molecule has 116 valence electrons. The zero-order valence-electron chi connectivity index (χ0n) is 11.7. The van der Waals surface area contributed by atoms with Crippen molar-refractivity contribution in [2.45, 2.75) is 31.3 Å². The minimum absolute atomic E-state index is 0.0234. The van der Waals surface area contributed by atoms with Crippen molar-refractivity contribution in [3.8, 4) is 0 Å². The van der Waals surface area contributed by atoms with Crippen LogP contribution in [0.3, 0.4) is 0 Å². The Hall–Kier alpha value is -1.78. The van der Waals surface area contributed by atoms with Gasteiger partial charge in [-0.1, -0.05) is 12.1 Å². The average Bonchev–Trinajstić information content (AvgIpc) is 3.13. The van der Waals surface area contributed by atoms with E-state index in [-0.39, 0.29) is 17.3 Å². The van der Waals surface area contributed by atoms with Gasteiger partial charge in [-0.3, -0.25) is 4.68 Å². The van der Waals surface area contributed by atoms with Crippen molar-refractivity contribution in [2.24, 2.45) is 0 Å². The van der Waals surface area contributed by atoms with E-state index in [9.17, 15) is 8.42 Å². The lowest BCUT2D eigenvalue weighted by atomic mass is 10.4. The van der Waals surface area contributed by atoms with Crippen molar-refractivity contribution in [1.82, 2.24) is 30.0 Å². The van der Waals surface area contributed by atoms with Crippen LogP contribution in [0.1, 0.15) is 19.2 Å². The average molecular weight is 314 g/mol. The van der Waals surface area contributed by atoms with Gasteiger partial charge >= 0.3 is 0 Å². The highest BCUT2D eigenvalue weighted by Crippen LogP contribution is 2.07. The molecule has 0 saturated carbocycles. The van der Waals surface area contributed by atoms with Crippen LogP contribution in [0.2, 0.25) is 0 Å². The molecule has 2 N–H and O–H groups in total. The van der Waals surface area contributed by atoms with Gasteiger partial charge in [-0.2, -0.15) is 10.1 Å². The van der Waals surface area contributed by atoms with Crippen molar-refractivity contribution in [3.05, 3.63) is 24.6 Å². The third-order valence-electron chi connectivity index (χ3n) is 2.74. The predicted octanol–water partition coefficient (Wildman–Crippen LogP) is -0.256. The van der Waals surface area contributed by atoms with Gasteiger partial charge in [0.1, 0.15) is 4.90 Å². The lowest BCUT2D eigenvalue weighted by molar-refractivity contribution is 0.409. The third-order valence-corrected chi connectivity index (χ3v) is 4.09. The second kappa shape index (κ2) is 7.29. The minimum atomic E-state index is -3.62. The molecule has 0 aliphatic carbocycles. The summed E-state index contributed by atoms with van der Waals surface area (Å²) in [5, 5.41) is 10.8. The highest BCUT2D eigenvalue weighted by Gasteiger charge is 2.17. The maximum absolute atomic E-state index is 12.1. The predicted molar refractivity (Wildman–Crippen MR) is 73.7 cm³/mol. The summed E-state index contributed by atoms with van der Waals surface area (Å²) < 4.78 is 32.6. The standard InChI is InChI=1S/C11H18N6O3S/c1-2-12-4-3-5-17-8-10(6-14-17)21(18,19)15-7-11-13-9-20-16-11/h6,8-9,12,15H,2-5,7H2,1H3. The molecule has 0 unspecified atom stereocenters. The van der Waals surface area contributed by atoms with Crippen LogP contribution >= 0.6 is 0 Å². The molecule has 2 heterocycles. The summed E-state index contributed by atoms with van der Waals surface area (Å²) in [6.07, 6.45) is 4.85. The molecular formula is C11H18N6O3S. The van der Waals surface area contributed by atoms with Gasteiger partial charge in [-0.15, -0.1) is 0 Å². The second-order valence-electron chi connectivity index (χ2n) is 4.32. The van der Waals surface area contributed by atoms with Crippen LogP contribution in [-0.2, 0) is 23.1 Å². The quantitative estimate of drug-likeness (QED) is 0.613. The maximum Gasteiger partial charge on any atom is 0.244 e. The zero-order chi connectivity index (χ0) is 15.1. The molecule has 9 nitrogen and oxygen atoms in total. The number of aromatic nitrogens is 4. The molecule has 0 spiro atoms. The Morgan fingerprint density at radius 2 is 2.29 bits per heavy atom. The van der Waals surface area contributed by atoms with Crippen LogP contribution in [0.25, 0.3) is 0 Å². The fraction of sp³-hybridized carbons (Fsp3) is 0.545. The summed E-state index contributed by atoms with van der Waals surface area (Å²) >= 11 is 0. The van der Waals surface area contributed by atoms with Gasteiger partial charge in [0.2, 0.25) is 16.4 Å². The van der Waals surface area contributed by atoms with Gasteiger partial charge in [0.15, 0.2) is 5.82 Å². The molecule has 0 saturated heterocycles. The fourth-order valence-electron chi connectivity index (χ4n) is 1.66. The Balaban J connectivity index is 1.89. The second-order valence-corrected chi connectivity index (χ2v) is 6.09. The van der Waals surface area contributed by atoms with Gasteiger partial charge in [0.25, 0.3) is 0 Å². The summed E-state index contributed by atoms with van der Waals surface area (Å²) in [7, 11) is -3.62. The van der Waals surface area contributed by atoms with Crippen LogP contribution in [0.5, 0.6) is 0 Å². The summed E-state index contributed by atoms with van der Waals surface area (Å²) in [5.41, 5.74) is 0. The Labute approximate surface area is 122 Å². The molecule has 0 fully saturated rings. The largest absolute Gasteiger partial charge is 0.343 e. The van der Waals surface area contributed by atoms with Gasteiger partial charge in [0.05, 0.1) is 12.7 Å². The Kier molecular flexibility index (Phi) is 5.42. The zero-order valence-corrected chi connectivity index (χ0v) is 12.5. The van der Waals surface area contributed by atoms with Crippen LogP contribution in [-0.4, -0.2) is 41.4 Å². The molecule has 0 amide bonds. The van der Waals surface area contributed by atoms with E-state index in [2.05, 4.69) is 29.8 Å². The lowest BCUT2D eigenvalue weighted by Gasteiger charge is -2.02. The van der Waals surface area contributed by atoms with Crippen molar-refractivity contribution in [3.63, 3.8) is 0 Å². The summed E-state index contributed by atoms with van der Waals surface area (Å²) in [6, 6.07) is 0. The van der Waals surface area contributed by atoms with E-state index in [1.807, 2.05) is 6.92 Å². The van der Waals surface area contributed by atoms with Gasteiger partial charge < -0.3 is 9.84 Å². The molecule has 0 bridgehead atoms. The topological polar surface area (TPSA) is 115 Å². The van der Waals surface area contributed by atoms with Gasteiger partial charge in [-0.05, 0) is 19.5 Å². The molecule has 0 atom stereocenters. The van der Waals surface area contributed by atoms with Crippen molar-refractivity contribution in [2.75, 3.05) is 13.1 Å². The third kappa shape index (κ3) is 4.62. The monoisotopic (exact) mass is 314 g/mol. The van der Waals surface area contributed by atoms with Gasteiger partial charge in [-0.25, -0.2) is 13.1 Å². The molecule has 0 radical (unpaired) electrons. The minimum Gasteiger partial charge on any atom is -0.343 e. The van der Waals surface area contributed by atoms with E-state index >= 15 is 0 Å². The van der Waals surface area contributed by atoms with E-state index in [1.165, 1.54) is 12.4 Å². The SMILES string of the molecule is CCNCCCn1cc(S(=O)(=O)NCc2ncon2)cn1. The maximum atomic E-state index is 12.1. The molecule has 2 aromatic rings. The number of rotatable bonds is 9.